The Morgan fingerprint density at radius 2 is 2.00 bits per heavy atom. The lowest BCUT2D eigenvalue weighted by Gasteiger charge is -2.10. The zero-order valence-corrected chi connectivity index (χ0v) is 13.2. The number of rotatable bonds is 4. The molecule has 0 bridgehead atoms. The van der Waals surface area contributed by atoms with E-state index in [1.54, 1.807) is 48.0 Å². The van der Waals surface area contributed by atoms with E-state index in [0.717, 1.165) is 0 Å². The first-order valence-electron chi connectivity index (χ1n) is 6.45. The average Bonchev–Trinajstić information content (AvgIpc) is 2.49. The van der Waals surface area contributed by atoms with Crippen LogP contribution in [0.25, 0.3) is 0 Å². The highest BCUT2D eigenvalue weighted by molar-refractivity contribution is 6.36. The summed E-state index contributed by atoms with van der Waals surface area (Å²) in [6, 6.07) is 7.49. The Morgan fingerprint density at radius 1 is 1.27 bits per heavy atom. The highest BCUT2D eigenvalue weighted by atomic mass is 35.5. The molecule has 5 nitrogen and oxygen atoms in total. The van der Waals surface area contributed by atoms with E-state index in [2.05, 4.69) is 5.32 Å². The van der Waals surface area contributed by atoms with Crippen LogP contribution in [0, 0.1) is 0 Å². The van der Waals surface area contributed by atoms with Crippen LogP contribution in [0.4, 0.5) is 5.69 Å². The van der Waals surface area contributed by atoms with Gasteiger partial charge in [-0.1, -0.05) is 23.2 Å². The Hall–Kier alpha value is -2.11. The van der Waals surface area contributed by atoms with Crippen molar-refractivity contribution in [3.05, 3.63) is 58.3 Å². The van der Waals surface area contributed by atoms with Gasteiger partial charge in [-0.05, 0) is 24.3 Å². The van der Waals surface area contributed by atoms with Crippen molar-refractivity contribution >= 4 is 40.7 Å². The molecule has 1 aromatic carbocycles. The second-order valence-corrected chi connectivity index (χ2v) is 5.54. The van der Waals surface area contributed by atoms with Crippen molar-refractivity contribution in [1.82, 2.24) is 0 Å². The van der Waals surface area contributed by atoms with Crippen LogP contribution in [0.1, 0.15) is 23.3 Å². The van der Waals surface area contributed by atoms with E-state index in [9.17, 15) is 9.59 Å². The zero-order chi connectivity index (χ0) is 16.3. The van der Waals surface area contributed by atoms with Gasteiger partial charge in [-0.25, -0.2) is 0 Å². The molecule has 0 fully saturated rings. The first-order chi connectivity index (χ1) is 10.4. The molecule has 0 radical (unpaired) electrons. The molecule has 0 saturated carbocycles. The van der Waals surface area contributed by atoms with Gasteiger partial charge in [-0.15, -0.1) is 0 Å². The smallest absolute Gasteiger partial charge is 0.293 e. The number of pyridine rings is 1. The Bertz CT molecular complexity index is 734. The number of carbonyl (C=O) groups excluding carboxylic acids is 2. The summed E-state index contributed by atoms with van der Waals surface area (Å²) in [5, 5.41) is 3.55. The minimum absolute atomic E-state index is 0.282. The summed E-state index contributed by atoms with van der Waals surface area (Å²) in [5.41, 5.74) is 6.03. The average molecular weight is 339 g/mol. The number of nitrogens with two attached hydrogens (primary N) is 1. The van der Waals surface area contributed by atoms with Crippen LogP contribution in [-0.4, -0.2) is 11.8 Å². The molecule has 0 aliphatic heterocycles. The van der Waals surface area contributed by atoms with Gasteiger partial charge in [0.1, 0.15) is 5.56 Å². The number of carbonyl (C=O) groups is 2. The minimum Gasteiger partial charge on any atom is -0.365 e. The number of nitrogens with zero attached hydrogens (tertiary/aromatic N) is 1. The number of amides is 2. The second kappa shape index (κ2) is 6.77. The Morgan fingerprint density at radius 3 is 2.64 bits per heavy atom. The highest BCUT2D eigenvalue weighted by Gasteiger charge is 2.23. The van der Waals surface area contributed by atoms with E-state index in [0.29, 0.717) is 21.3 Å². The maximum Gasteiger partial charge on any atom is 0.293 e. The number of benzene rings is 1. The standard InChI is InChI=1S/C15H13Cl2N3O2/c1-9(20-6-2-3-10(8-20)14(18)21)15(22)19-13-5-4-11(16)7-12(13)17/h2-9H,1H3,(H2-,18,19,21,22)/p+1/t9-/m1/s1. The van der Waals surface area contributed by atoms with Crippen molar-refractivity contribution in [2.45, 2.75) is 13.0 Å². The summed E-state index contributed by atoms with van der Waals surface area (Å²) in [6.45, 7) is 1.70. The number of hydrogen-bond acceptors (Lipinski definition) is 2. The van der Waals surface area contributed by atoms with Crippen LogP contribution in [0.3, 0.4) is 0 Å². The zero-order valence-electron chi connectivity index (χ0n) is 11.7. The Kier molecular flexibility index (Phi) is 5.00. The van der Waals surface area contributed by atoms with Crippen LogP contribution in [0.15, 0.2) is 42.7 Å². The molecule has 1 heterocycles. The molecule has 2 rings (SSSR count). The van der Waals surface area contributed by atoms with Gasteiger partial charge in [0.25, 0.3) is 11.8 Å². The molecule has 0 aliphatic rings. The number of aromatic nitrogens is 1. The van der Waals surface area contributed by atoms with E-state index in [-0.39, 0.29) is 5.91 Å². The van der Waals surface area contributed by atoms with Crippen LogP contribution in [-0.2, 0) is 4.79 Å². The first-order valence-corrected chi connectivity index (χ1v) is 7.20. The van der Waals surface area contributed by atoms with Gasteiger partial charge in [0, 0.05) is 18.0 Å². The maximum atomic E-state index is 12.3. The lowest BCUT2D eigenvalue weighted by molar-refractivity contribution is -0.705. The SMILES string of the molecule is C[C@H](C(=O)Nc1ccc(Cl)cc1Cl)[n+]1cccc(C(N)=O)c1. The predicted octanol–water partition coefficient (Wildman–Crippen LogP) is 2.58. The monoisotopic (exact) mass is 338 g/mol. The van der Waals surface area contributed by atoms with Crippen molar-refractivity contribution < 1.29 is 14.2 Å². The quantitative estimate of drug-likeness (QED) is 0.840. The van der Waals surface area contributed by atoms with Crippen molar-refractivity contribution in [2.24, 2.45) is 5.73 Å². The highest BCUT2D eigenvalue weighted by Crippen LogP contribution is 2.25. The van der Waals surface area contributed by atoms with Crippen LogP contribution < -0.4 is 15.6 Å². The molecular formula is C15H14Cl2N3O2+. The molecule has 1 atom stereocenters. The van der Waals surface area contributed by atoms with Crippen molar-refractivity contribution in [3.63, 3.8) is 0 Å². The summed E-state index contributed by atoms with van der Waals surface area (Å²) >= 11 is 11.8. The molecule has 2 amide bonds. The van der Waals surface area contributed by atoms with E-state index in [1.807, 2.05) is 0 Å². The third-order valence-electron chi connectivity index (χ3n) is 3.12. The summed E-state index contributed by atoms with van der Waals surface area (Å²) in [7, 11) is 0. The van der Waals surface area contributed by atoms with Crippen molar-refractivity contribution in [1.29, 1.82) is 0 Å². The minimum atomic E-state index is -0.553. The fourth-order valence-corrected chi connectivity index (χ4v) is 2.30. The molecule has 7 heteroatoms. The second-order valence-electron chi connectivity index (χ2n) is 4.69. The molecule has 0 unspecified atom stereocenters. The van der Waals surface area contributed by atoms with Gasteiger partial charge in [0.05, 0.1) is 10.7 Å². The number of hydrogen-bond donors (Lipinski definition) is 2. The molecule has 114 valence electrons. The number of anilines is 1. The van der Waals surface area contributed by atoms with Gasteiger partial charge in [0.15, 0.2) is 12.4 Å². The summed E-state index contributed by atoms with van der Waals surface area (Å²) in [4.78, 5) is 23.5. The van der Waals surface area contributed by atoms with E-state index >= 15 is 0 Å². The number of halogens is 2. The van der Waals surface area contributed by atoms with Gasteiger partial charge < -0.3 is 11.1 Å². The Labute approximate surface area is 137 Å². The van der Waals surface area contributed by atoms with Crippen molar-refractivity contribution in [3.8, 4) is 0 Å². The van der Waals surface area contributed by atoms with Crippen LogP contribution in [0.2, 0.25) is 10.0 Å². The molecular weight excluding hydrogens is 325 g/mol. The predicted molar refractivity (Wildman–Crippen MR) is 85.0 cm³/mol. The molecule has 1 aromatic heterocycles. The third kappa shape index (κ3) is 3.75. The number of primary amides is 1. The topological polar surface area (TPSA) is 76.1 Å². The third-order valence-corrected chi connectivity index (χ3v) is 3.67. The van der Waals surface area contributed by atoms with Gasteiger partial charge in [0.2, 0.25) is 6.04 Å². The first kappa shape index (κ1) is 16.3. The molecule has 3 N–H and O–H groups in total. The van der Waals surface area contributed by atoms with Gasteiger partial charge in [-0.3, -0.25) is 9.59 Å². The largest absolute Gasteiger partial charge is 0.365 e. The van der Waals surface area contributed by atoms with Crippen LogP contribution in [0.5, 0.6) is 0 Å². The van der Waals surface area contributed by atoms with Gasteiger partial charge in [-0.2, -0.15) is 4.57 Å². The molecule has 2 aromatic rings. The maximum absolute atomic E-state index is 12.3. The van der Waals surface area contributed by atoms with E-state index < -0.39 is 11.9 Å². The fraction of sp³-hybridized carbons (Fsp3) is 0.133. The van der Waals surface area contributed by atoms with Crippen molar-refractivity contribution in [2.75, 3.05) is 5.32 Å². The molecule has 0 spiro atoms. The summed E-state index contributed by atoms with van der Waals surface area (Å²) < 4.78 is 1.60. The molecule has 22 heavy (non-hydrogen) atoms. The fourth-order valence-electron chi connectivity index (χ4n) is 1.84. The summed E-state index contributed by atoms with van der Waals surface area (Å²) in [6.07, 6.45) is 3.20. The molecule has 0 aliphatic carbocycles. The van der Waals surface area contributed by atoms with Crippen LogP contribution >= 0.6 is 23.2 Å². The molecule has 0 saturated heterocycles. The Balaban J connectivity index is 2.18. The summed E-state index contributed by atoms with van der Waals surface area (Å²) in [5.74, 6) is -0.835. The number of nitrogens with one attached hydrogen (secondary N) is 1. The van der Waals surface area contributed by atoms with E-state index in [4.69, 9.17) is 28.9 Å². The normalized spacial score (nSPS) is 11.8. The lowest BCUT2D eigenvalue weighted by Crippen LogP contribution is -2.44. The lowest BCUT2D eigenvalue weighted by atomic mass is 10.2. The van der Waals surface area contributed by atoms with Gasteiger partial charge >= 0.3 is 0 Å². The van der Waals surface area contributed by atoms with E-state index in [1.165, 1.54) is 6.20 Å².